The number of nitrogens with zero attached hydrogens (tertiary/aromatic N) is 1. The molecule has 17 heavy (non-hydrogen) atoms. The summed E-state index contributed by atoms with van der Waals surface area (Å²) in [5.41, 5.74) is 0. The van der Waals surface area contributed by atoms with Crippen molar-refractivity contribution in [3.05, 3.63) is 0 Å². The highest BCUT2D eigenvalue weighted by atomic mass is 32.2. The van der Waals surface area contributed by atoms with Crippen molar-refractivity contribution in [1.82, 2.24) is 10.2 Å². The maximum absolute atomic E-state index is 11.7. The van der Waals surface area contributed by atoms with Crippen molar-refractivity contribution in [2.24, 2.45) is 0 Å². The Hall–Kier alpha value is -0.750. The number of thioether (sulfide) groups is 1. The van der Waals surface area contributed by atoms with E-state index in [4.69, 9.17) is 4.74 Å². The molecule has 2 aliphatic heterocycles. The lowest BCUT2D eigenvalue weighted by atomic mass is 10.1. The lowest BCUT2D eigenvalue weighted by Crippen LogP contribution is -2.45. The fourth-order valence-electron chi connectivity index (χ4n) is 2.13. The second-order valence-electron chi connectivity index (χ2n) is 4.44. The second kappa shape index (κ2) is 5.73. The van der Waals surface area contributed by atoms with E-state index in [1.807, 2.05) is 6.92 Å². The zero-order chi connectivity index (χ0) is 12.3. The van der Waals surface area contributed by atoms with Crippen molar-refractivity contribution in [2.75, 3.05) is 25.4 Å². The van der Waals surface area contributed by atoms with Crippen LogP contribution in [0, 0.1) is 0 Å². The Morgan fingerprint density at radius 2 is 2.53 bits per heavy atom. The number of hydrogen-bond donors (Lipinski definition) is 1. The number of nitrogens with one attached hydrogen (secondary N) is 1. The molecular weight excluding hydrogens is 240 g/mol. The third-order valence-electron chi connectivity index (χ3n) is 3.09. The van der Waals surface area contributed by atoms with Crippen LogP contribution in [0.3, 0.4) is 0 Å². The van der Waals surface area contributed by atoms with Crippen LogP contribution in [0.5, 0.6) is 0 Å². The minimum absolute atomic E-state index is 0.00456. The van der Waals surface area contributed by atoms with Gasteiger partial charge in [-0.15, -0.1) is 0 Å². The van der Waals surface area contributed by atoms with Crippen LogP contribution in [0.15, 0.2) is 0 Å². The summed E-state index contributed by atoms with van der Waals surface area (Å²) in [6, 6.07) is 0.0235. The van der Waals surface area contributed by atoms with Crippen LogP contribution in [0.25, 0.3) is 0 Å². The van der Waals surface area contributed by atoms with Crippen LogP contribution in [0.1, 0.15) is 19.8 Å². The Morgan fingerprint density at radius 3 is 3.12 bits per heavy atom. The molecule has 2 fully saturated rings. The molecule has 0 aromatic carbocycles. The van der Waals surface area contributed by atoms with Gasteiger partial charge < -0.3 is 15.0 Å². The molecule has 6 heteroatoms. The molecule has 2 rings (SSSR count). The standard InChI is InChI=1S/C11H18N2O3S/c1-8(9-3-2-5-16-9)12-10(14)7-13-4-6-17-11(13)15/h8-9H,2-7H2,1H3,(H,12,14)/t8-,9-/m1/s1. The van der Waals surface area contributed by atoms with Gasteiger partial charge in [0.15, 0.2) is 0 Å². The Balaban J connectivity index is 1.74. The summed E-state index contributed by atoms with van der Waals surface area (Å²) in [5, 5.41) is 2.91. The molecule has 5 nitrogen and oxygen atoms in total. The van der Waals surface area contributed by atoms with E-state index in [1.54, 1.807) is 4.90 Å². The first-order valence-electron chi connectivity index (χ1n) is 5.99. The Kier molecular flexibility index (Phi) is 4.28. The molecule has 2 aliphatic rings. The molecule has 1 N–H and O–H groups in total. The zero-order valence-corrected chi connectivity index (χ0v) is 10.8. The van der Waals surface area contributed by atoms with Gasteiger partial charge in [0.25, 0.3) is 5.24 Å². The van der Waals surface area contributed by atoms with Crippen molar-refractivity contribution < 1.29 is 14.3 Å². The number of amides is 2. The highest BCUT2D eigenvalue weighted by molar-refractivity contribution is 8.13. The van der Waals surface area contributed by atoms with Crippen molar-refractivity contribution >= 4 is 22.9 Å². The maximum atomic E-state index is 11.7. The quantitative estimate of drug-likeness (QED) is 0.812. The molecule has 0 radical (unpaired) electrons. The molecular formula is C11H18N2O3S. The molecule has 0 aliphatic carbocycles. The summed E-state index contributed by atoms with van der Waals surface area (Å²) in [5.74, 6) is 0.691. The predicted molar refractivity (Wildman–Crippen MR) is 66.0 cm³/mol. The Bertz CT molecular complexity index is 305. The van der Waals surface area contributed by atoms with Gasteiger partial charge in [0.05, 0.1) is 12.1 Å². The van der Waals surface area contributed by atoms with Crippen molar-refractivity contribution in [2.45, 2.75) is 31.9 Å². The minimum Gasteiger partial charge on any atom is -0.376 e. The van der Waals surface area contributed by atoms with Gasteiger partial charge in [-0.25, -0.2) is 0 Å². The van der Waals surface area contributed by atoms with Gasteiger partial charge in [-0.3, -0.25) is 9.59 Å². The van der Waals surface area contributed by atoms with Gasteiger partial charge in [-0.2, -0.15) is 0 Å². The van der Waals surface area contributed by atoms with E-state index in [0.29, 0.717) is 6.54 Å². The summed E-state index contributed by atoms with van der Waals surface area (Å²) < 4.78 is 5.51. The largest absolute Gasteiger partial charge is 0.376 e. The number of ether oxygens (including phenoxy) is 1. The van der Waals surface area contributed by atoms with Crippen molar-refractivity contribution in [3.8, 4) is 0 Å². The molecule has 2 saturated heterocycles. The fourth-order valence-corrected chi connectivity index (χ4v) is 2.96. The molecule has 0 saturated carbocycles. The topological polar surface area (TPSA) is 58.6 Å². The van der Waals surface area contributed by atoms with Gasteiger partial charge in [0.1, 0.15) is 6.54 Å². The third kappa shape index (κ3) is 3.35. The van der Waals surface area contributed by atoms with E-state index < -0.39 is 0 Å². The average molecular weight is 258 g/mol. The first-order valence-corrected chi connectivity index (χ1v) is 6.98. The molecule has 2 atom stereocenters. The third-order valence-corrected chi connectivity index (χ3v) is 3.98. The average Bonchev–Trinajstić information content (AvgIpc) is 2.90. The van der Waals surface area contributed by atoms with Crippen LogP contribution in [0.2, 0.25) is 0 Å². The summed E-state index contributed by atoms with van der Waals surface area (Å²) in [7, 11) is 0. The number of carbonyl (C=O) groups is 2. The van der Waals surface area contributed by atoms with Gasteiger partial charge in [-0.1, -0.05) is 11.8 Å². The lowest BCUT2D eigenvalue weighted by molar-refractivity contribution is -0.123. The van der Waals surface area contributed by atoms with Gasteiger partial charge in [-0.05, 0) is 19.8 Å². The number of hydrogen-bond acceptors (Lipinski definition) is 4. The van der Waals surface area contributed by atoms with Gasteiger partial charge in [0, 0.05) is 18.9 Å². The second-order valence-corrected chi connectivity index (χ2v) is 5.49. The van der Waals surface area contributed by atoms with Crippen molar-refractivity contribution in [3.63, 3.8) is 0 Å². The summed E-state index contributed by atoms with van der Waals surface area (Å²) in [6.45, 7) is 3.58. The molecule has 2 heterocycles. The minimum atomic E-state index is -0.0937. The summed E-state index contributed by atoms with van der Waals surface area (Å²) in [4.78, 5) is 24.7. The predicted octanol–water partition coefficient (Wildman–Crippen LogP) is 0.839. The SMILES string of the molecule is C[C@@H](NC(=O)CN1CCSC1=O)[C@H]1CCCO1. The molecule has 0 aromatic heterocycles. The van der Waals surface area contributed by atoms with E-state index in [-0.39, 0.29) is 29.8 Å². The molecule has 0 aromatic rings. The fraction of sp³-hybridized carbons (Fsp3) is 0.818. The van der Waals surface area contributed by atoms with Crippen LogP contribution in [0.4, 0.5) is 4.79 Å². The Morgan fingerprint density at radius 1 is 1.71 bits per heavy atom. The van der Waals surface area contributed by atoms with E-state index in [9.17, 15) is 9.59 Å². The number of rotatable bonds is 4. The monoisotopic (exact) mass is 258 g/mol. The van der Waals surface area contributed by atoms with Gasteiger partial charge >= 0.3 is 0 Å². The van der Waals surface area contributed by atoms with Gasteiger partial charge in [0.2, 0.25) is 5.91 Å². The van der Waals surface area contributed by atoms with Crippen LogP contribution >= 0.6 is 11.8 Å². The Labute approximate surface area is 105 Å². The summed E-state index contributed by atoms with van der Waals surface area (Å²) >= 11 is 1.27. The lowest BCUT2D eigenvalue weighted by Gasteiger charge is -2.21. The van der Waals surface area contributed by atoms with Crippen LogP contribution < -0.4 is 5.32 Å². The molecule has 2 amide bonds. The maximum Gasteiger partial charge on any atom is 0.282 e. The summed E-state index contributed by atoms with van der Waals surface area (Å²) in [6.07, 6.45) is 2.19. The van der Waals surface area contributed by atoms with E-state index in [0.717, 1.165) is 25.2 Å². The van der Waals surface area contributed by atoms with E-state index in [1.165, 1.54) is 11.8 Å². The smallest absolute Gasteiger partial charge is 0.282 e. The molecule has 0 spiro atoms. The molecule has 0 unspecified atom stereocenters. The van der Waals surface area contributed by atoms with Crippen molar-refractivity contribution in [1.29, 1.82) is 0 Å². The van der Waals surface area contributed by atoms with Crippen LogP contribution in [-0.4, -0.2) is 53.6 Å². The molecule has 96 valence electrons. The van der Waals surface area contributed by atoms with E-state index in [2.05, 4.69) is 5.32 Å². The number of carbonyl (C=O) groups excluding carboxylic acids is 2. The normalized spacial score (nSPS) is 26.3. The molecule has 0 bridgehead atoms. The zero-order valence-electron chi connectivity index (χ0n) is 9.98. The van der Waals surface area contributed by atoms with E-state index >= 15 is 0 Å². The van der Waals surface area contributed by atoms with Crippen LogP contribution in [-0.2, 0) is 9.53 Å². The highest BCUT2D eigenvalue weighted by Gasteiger charge is 2.26. The first-order chi connectivity index (χ1) is 8.16. The first kappa shape index (κ1) is 12.7. The highest BCUT2D eigenvalue weighted by Crippen LogP contribution is 2.17.